The van der Waals surface area contributed by atoms with Crippen molar-refractivity contribution in [3.63, 3.8) is 0 Å². The van der Waals surface area contributed by atoms with E-state index in [0.29, 0.717) is 28.0 Å². The fraction of sp³-hybridized carbons (Fsp3) is 0.357. The number of benzene rings is 2. The lowest BCUT2D eigenvalue weighted by molar-refractivity contribution is 0.0369. The van der Waals surface area contributed by atoms with Gasteiger partial charge in [0.05, 0.1) is 28.8 Å². The van der Waals surface area contributed by atoms with Crippen molar-refractivity contribution < 1.29 is 18.3 Å². The van der Waals surface area contributed by atoms with Crippen molar-refractivity contribution in [2.24, 2.45) is 0 Å². The Morgan fingerprint density at radius 3 is 2.59 bits per heavy atom. The Hall–Kier alpha value is -4.28. The van der Waals surface area contributed by atoms with Crippen LogP contribution in [0.25, 0.3) is 22.3 Å². The van der Waals surface area contributed by atoms with Crippen LogP contribution in [-0.2, 0) is 0 Å². The van der Waals surface area contributed by atoms with Crippen molar-refractivity contribution in [3.05, 3.63) is 59.9 Å². The zero-order chi connectivity index (χ0) is 27.4. The topological polar surface area (TPSA) is 111 Å². The number of nitrogen functional groups attached to an aromatic ring is 1. The van der Waals surface area contributed by atoms with Gasteiger partial charge in [0.2, 0.25) is 0 Å². The van der Waals surface area contributed by atoms with Crippen LogP contribution in [0.15, 0.2) is 42.7 Å². The summed E-state index contributed by atoms with van der Waals surface area (Å²) in [5.41, 5.74) is 8.10. The number of amides is 1. The maximum Gasteiger partial charge on any atom is 0.260 e. The number of rotatable bonds is 6. The lowest BCUT2D eigenvalue weighted by Crippen LogP contribution is -2.58. The summed E-state index contributed by atoms with van der Waals surface area (Å²) in [6.07, 6.45) is 3.30. The molecule has 2 aliphatic rings. The highest BCUT2D eigenvalue weighted by molar-refractivity contribution is 6.02. The minimum atomic E-state index is -0.556. The first-order chi connectivity index (χ1) is 18.7. The molecule has 2 unspecified atom stereocenters. The second-order valence-electron chi connectivity index (χ2n) is 10.4. The number of halogens is 2. The molecule has 3 heterocycles. The SMILES string of the molecule is CC(C)Oc1ccc(-c2nn(C(C)C3Nc4cccc(F)c4C(=O)N3C3CCC3)c3ncnc(N)c23)cc1F. The van der Waals surface area contributed by atoms with Crippen LogP contribution in [-0.4, -0.2) is 48.9 Å². The van der Waals surface area contributed by atoms with Gasteiger partial charge in [-0.1, -0.05) is 6.07 Å². The summed E-state index contributed by atoms with van der Waals surface area (Å²) < 4.78 is 36.9. The van der Waals surface area contributed by atoms with Crippen LogP contribution in [0.4, 0.5) is 20.3 Å². The third kappa shape index (κ3) is 4.12. The normalized spacial score (nSPS) is 18.2. The summed E-state index contributed by atoms with van der Waals surface area (Å²) in [5.74, 6) is -1.09. The molecule has 1 fully saturated rings. The highest BCUT2D eigenvalue weighted by Crippen LogP contribution is 2.39. The molecule has 2 aromatic carbocycles. The smallest absolute Gasteiger partial charge is 0.260 e. The monoisotopic (exact) mass is 533 g/mol. The number of nitrogens with two attached hydrogens (primary N) is 1. The molecule has 11 heteroatoms. The number of anilines is 2. The van der Waals surface area contributed by atoms with E-state index in [9.17, 15) is 13.6 Å². The Labute approximate surface area is 224 Å². The molecule has 1 aliphatic carbocycles. The van der Waals surface area contributed by atoms with Crippen LogP contribution in [0.2, 0.25) is 0 Å². The first-order valence-electron chi connectivity index (χ1n) is 13.1. The second-order valence-corrected chi connectivity index (χ2v) is 10.4. The van der Waals surface area contributed by atoms with Crippen molar-refractivity contribution in [1.82, 2.24) is 24.6 Å². The summed E-state index contributed by atoms with van der Waals surface area (Å²) >= 11 is 0. The fourth-order valence-corrected chi connectivity index (χ4v) is 5.37. The number of carbonyl (C=O) groups excluding carboxylic acids is 1. The Morgan fingerprint density at radius 1 is 1.10 bits per heavy atom. The van der Waals surface area contributed by atoms with Crippen LogP contribution in [0, 0.1) is 11.6 Å². The molecule has 1 saturated carbocycles. The zero-order valence-corrected chi connectivity index (χ0v) is 21.9. The Kier molecular flexibility index (Phi) is 6.08. The number of hydrogen-bond donors (Lipinski definition) is 2. The summed E-state index contributed by atoms with van der Waals surface area (Å²) in [7, 11) is 0. The maximum absolute atomic E-state index is 14.9. The molecule has 0 spiro atoms. The molecular weight excluding hydrogens is 504 g/mol. The van der Waals surface area contributed by atoms with Crippen LogP contribution < -0.4 is 15.8 Å². The molecule has 3 N–H and O–H groups in total. The molecule has 0 bridgehead atoms. The van der Waals surface area contributed by atoms with E-state index in [2.05, 4.69) is 15.3 Å². The summed E-state index contributed by atoms with van der Waals surface area (Å²) in [5, 5.41) is 8.70. The van der Waals surface area contributed by atoms with Gasteiger partial charge in [0.25, 0.3) is 5.91 Å². The van der Waals surface area contributed by atoms with Gasteiger partial charge in [-0.25, -0.2) is 23.4 Å². The Morgan fingerprint density at radius 2 is 1.90 bits per heavy atom. The van der Waals surface area contributed by atoms with Crippen LogP contribution in [0.5, 0.6) is 5.75 Å². The summed E-state index contributed by atoms with van der Waals surface area (Å²) in [6.45, 7) is 5.56. The number of ether oxygens (including phenoxy) is 1. The summed E-state index contributed by atoms with van der Waals surface area (Å²) in [6, 6.07) is 8.72. The molecule has 202 valence electrons. The maximum atomic E-state index is 14.9. The molecule has 1 amide bonds. The van der Waals surface area contributed by atoms with Crippen molar-refractivity contribution in [1.29, 1.82) is 0 Å². The lowest BCUT2D eigenvalue weighted by Gasteiger charge is -2.47. The third-order valence-electron chi connectivity index (χ3n) is 7.46. The van der Waals surface area contributed by atoms with Crippen LogP contribution in [0.1, 0.15) is 56.4 Å². The molecule has 4 aromatic rings. The molecule has 0 saturated heterocycles. The van der Waals surface area contributed by atoms with Gasteiger partial charge in [-0.3, -0.25) is 4.79 Å². The number of nitrogens with zero attached hydrogens (tertiary/aromatic N) is 5. The molecular formula is C28H29F2N7O2. The quantitative estimate of drug-likeness (QED) is 0.353. The number of nitrogens with one attached hydrogen (secondary N) is 1. The first kappa shape index (κ1) is 25.0. The van der Waals surface area contributed by atoms with Gasteiger partial charge in [0.15, 0.2) is 17.2 Å². The van der Waals surface area contributed by atoms with E-state index in [0.717, 1.165) is 19.3 Å². The van der Waals surface area contributed by atoms with E-state index >= 15 is 0 Å². The number of fused-ring (bicyclic) bond motifs is 2. The number of aromatic nitrogens is 4. The van der Waals surface area contributed by atoms with Crippen LogP contribution in [0.3, 0.4) is 0 Å². The van der Waals surface area contributed by atoms with E-state index < -0.39 is 23.8 Å². The molecule has 2 aromatic heterocycles. The molecule has 1 aliphatic heterocycles. The Balaban J connectivity index is 1.46. The van der Waals surface area contributed by atoms with Crippen molar-refractivity contribution in [2.45, 2.75) is 64.4 Å². The lowest BCUT2D eigenvalue weighted by atomic mass is 9.88. The summed E-state index contributed by atoms with van der Waals surface area (Å²) in [4.78, 5) is 24.0. The molecule has 9 nitrogen and oxygen atoms in total. The minimum Gasteiger partial charge on any atom is -0.488 e. The van der Waals surface area contributed by atoms with Gasteiger partial charge < -0.3 is 20.7 Å². The van der Waals surface area contributed by atoms with E-state index in [1.807, 2.05) is 20.8 Å². The standard InChI is InChI=1S/C28H29F2N7O2/c1-14(2)39-21-11-10-16(12-19(21)30)24-23-25(31)32-13-33-27(23)37(35-24)15(3)26-34-20-9-5-8-18(29)22(20)28(38)36(26)17-6-4-7-17/h5,8-15,17,26,34H,4,6-7H2,1-3H3,(H2,31,32,33). The van der Waals surface area contributed by atoms with Crippen molar-refractivity contribution in [3.8, 4) is 17.0 Å². The van der Waals surface area contributed by atoms with Crippen molar-refractivity contribution in [2.75, 3.05) is 11.1 Å². The molecule has 2 atom stereocenters. The largest absolute Gasteiger partial charge is 0.488 e. The van der Waals surface area contributed by atoms with E-state index in [1.54, 1.807) is 33.8 Å². The zero-order valence-electron chi connectivity index (χ0n) is 21.9. The first-order valence-corrected chi connectivity index (χ1v) is 13.1. The number of hydrogen-bond acceptors (Lipinski definition) is 7. The second kappa shape index (κ2) is 9.48. The third-order valence-corrected chi connectivity index (χ3v) is 7.46. The Bertz CT molecular complexity index is 1580. The minimum absolute atomic E-state index is 0.0196. The van der Waals surface area contributed by atoms with Crippen LogP contribution >= 0.6 is 0 Å². The molecule has 0 radical (unpaired) electrons. The van der Waals surface area contributed by atoms with E-state index in [4.69, 9.17) is 15.6 Å². The van der Waals surface area contributed by atoms with Gasteiger partial charge >= 0.3 is 0 Å². The van der Waals surface area contributed by atoms with Gasteiger partial charge in [-0.2, -0.15) is 5.10 Å². The molecule has 6 rings (SSSR count). The highest BCUT2D eigenvalue weighted by Gasteiger charge is 2.43. The van der Waals surface area contributed by atoms with E-state index in [1.165, 1.54) is 18.5 Å². The van der Waals surface area contributed by atoms with Gasteiger partial charge in [-0.15, -0.1) is 0 Å². The molecule has 39 heavy (non-hydrogen) atoms. The predicted molar refractivity (Wildman–Crippen MR) is 143 cm³/mol. The predicted octanol–water partition coefficient (Wildman–Crippen LogP) is 5.15. The van der Waals surface area contributed by atoms with Gasteiger partial charge in [0.1, 0.15) is 29.8 Å². The average molecular weight is 534 g/mol. The van der Waals surface area contributed by atoms with Gasteiger partial charge in [0, 0.05) is 11.6 Å². The van der Waals surface area contributed by atoms with E-state index in [-0.39, 0.29) is 35.2 Å². The fourth-order valence-electron chi connectivity index (χ4n) is 5.37. The average Bonchev–Trinajstić information content (AvgIpc) is 3.26. The van der Waals surface area contributed by atoms with Crippen molar-refractivity contribution >= 4 is 28.4 Å². The number of carbonyl (C=O) groups is 1. The highest BCUT2D eigenvalue weighted by atomic mass is 19.1. The van der Waals surface area contributed by atoms with Gasteiger partial charge in [-0.05, 0) is 70.4 Å².